The molecule has 7 heteroatoms. The molecule has 2 aromatic carbocycles. The Morgan fingerprint density at radius 3 is 2.52 bits per heavy atom. The molecule has 0 unspecified atom stereocenters. The first-order chi connectivity index (χ1) is 10.9. The van der Waals surface area contributed by atoms with Crippen molar-refractivity contribution < 1.29 is 8.42 Å². The Kier molecular flexibility index (Phi) is 4.19. The average Bonchev–Trinajstić information content (AvgIpc) is 2.51. The van der Waals surface area contributed by atoms with Crippen LogP contribution in [0, 0.1) is 6.92 Å². The van der Waals surface area contributed by atoms with Crippen molar-refractivity contribution in [3.05, 3.63) is 64.3 Å². The highest BCUT2D eigenvalue weighted by molar-refractivity contribution is 7.92. The number of fused-ring (bicyclic) bond motifs is 1. The zero-order valence-corrected chi connectivity index (χ0v) is 14.4. The van der Waals surface area contributed by atoms with Crippen LogP contribution < -0.4 is 4.72 Å². The van der Waals surface area contributed by atoms with Crippen molar-refractivity contribution in [3.8, 4) is 0 Å². The van der Waals surface area contributed by atoms with Crippen molar-refractivity contribution in [2.75, 3.05) is 4.72 Å². The minimum Gasteiger partial charge on any atom is -0.277 e. The van der Waals surface area contributed by atoms with E-state index in [9.17, 15) is 8.42 Å². The lowest BCUT2D eigenvalue weighted by Gasteiger charge is -2.12. The van der Waals surface area contributed by atoms with E-state index in [2.05, 4.69) is 9.71 Å². The minimum absolute atomic E-state index is 0.0832. The van der Waals surface area contributed by atoms with Crippen molar-refractivity contribution in [3.63, 3.8) is 0 Å². The first-order valence-electron chi connectivity index (χ1n) is 6.71. The molecular weight excluding hydrogens is 355 g/mol. The summed E-state index contributed by atoms with van der Waals surface area (Å²) in [4.78, 5) is 4.32. The van der Waals surface area contributed by atoms with Crippen LogP contribution in [0.1, 0.15) is 5.56 Å². The maximum Gasteiger partial charge on any atom is 0.262 e. The van der Waals surface area contributed by atoms with Crippen molar-refractivity contribution in [1.29, 1.82) is 0 Å². The molecule has 1 N–H and O–H groups in total. The molecule has 1 aromatic heterocycles. The molecule has 0 spiro atoms. The maximum atomic E-state index is 12.7. The molecule has 0 atom stereocenters. The molecule has 23 heavy (non-hydrogen) atoms. The molecule has 0 amide bonds. The second-order valence-electron chi connectivity index (χ2n) is 5.02. The molecule has 0 saturated heterocycles. The number of aromatic nitrogens is 1. The number of halogens is 2. The van der Waals surface area contributed by atoms with Gasteiger partial charge in [-0.2, -0.15) is 0 Å². The molecule has 0 aliphatic carbocycles. The van der Waals surface area contributed by atoms with Gasteiger partial charge in [-0.05, 0) is 36.8 Å². The number of nitrogens with zero attached hydrogens (tertiary/aromatic N) is 1. The summed E-state index contributed by atoms with van der Waals surface area (Å²) in [5, 5.41) is 1.35. The van der Waals surface area contributed by atoms with Gasteiger partial charge in [0.1, 0.15) is 0 Å². The third-order valence-corrected chi connectivity index (χ3v) is 5.61. The lowest BCUT2D eigenvalue weighted by atomic mass is 10.2. The molecule has 0 bridgehead atoms. The fraction of sp³-hybridized carbons (Fsp3) is 0.0625. The van der Waals surface area contributed by atoms with Gasteiger partial charge in [0, 0.05) is 11.6 Å². The van der Waals surface area contributed by atoms with E-state index in [1.54, 1.807) is 31.3 Å². The first-order valence-corrected chi connectivity index (χ1v) is 8.94. The van der Waals surface area contributed by atoms with Crippen LogP contribution in [0.2, 0.25) is 10.0 Å². The van der Waals surface area contributed by atoms with Crippen LogP contribution in [0.25, 0.3) is 10.9 Å². The van der Waals surface area contributed by atoms with Crippen LogP contribution >= 0.6 is 23.2 Å². The number of rotatable bonds is 3. The molecular formula is C16H12Cl2N2O2S. The molecule has 3 aromatic rings. The lowest BCUT2D eigenvalue weighted by Crippen LogP contribution is -2.14. The molecule has 0 fully saturated rings. The molecule has 0 aliphatic rings. The van der Waals surface area contributed by atoms with Gasteiger partial charge in [-0.3, -0.25) is 9.71 Å². The monoisotopic (exact) mass is 366 g/mol. The largest absolute Gasteiger partial charge is 0.277 e. The molecule has 0 aliphatic heterocycles. The Hall–Kier alpha value is -1.82. The van der Waals surface area contributed by atoms with Gasteiger partial charge < -0.3 is 0 Å². The van der Waals surface area contributed by atoms with Crippen molar-refractivity contribution in [2.24, 2.45) is 0 Å². The van der Waals surface area contributed by atoms with Gasteiger partial charge in [0.15, 0.2) is 0 Å². The summed E-state index contributed by atoms with van der Waals surface area (Å²) in [5.74, 6) is 0. The van der Waals surface area contributed by atoms with E-state index in [0.29, 0.717) is 21.8 Å². The smallest absolute Gasteiger partial charge is 0.262 e. The first kappa shape index (κ1) is 16.1. The highest BCUT2D eigenvalue weighted by Crippen LogP contribution is 2.30. The summed E-state index contributed by atoms with van der Waals surface area (Å²) in [5.41, 5.74) is 1.50. The van der Waals surface area contributed by atoms with Gasteiger partial charge in [-0.25, -0.2) is 8.42 Å². The predicted octanol–water partition coefficient (Wildman–Crippen LogP) is 4.65. The van der Waals surface area contributed by atoms with E-state index < -0.39 is 10.0 Å². The van der Waals surface area contributed by atoms with Crippen LogP contribution in [-0.2, 0) is 10.0 Å². The highest BCUT2D eigenvalue weighted by Gasteiger charge is 2.20. The number of hydrogen-bond acceptors (Lipinski definition) is 3. The molecule has 0 radical (unpaired) electrons. The van der Waals surface area contributed by atoms with Gasteiger partial charge >= 0.3 is 0 Å². The number of pyridine rings is 1. The number of hydrogen-bond donors (Lipinski definition) is 1. The van der Waals surface area contributed by atoms with Gasteiger partial charge in [0.25, 0.3) is 10.0 Å². The van der Waals surface area contributed by atoms with Crippen LogP contribution in [-0.4, -0.2) is 13.4 Å². The van der Waals surface area contributed by atoms with E-state index in [-0.39, 0.29) is 9.92 Å². The summed E-state index contributed by atoms with van der Waals surface area (Å²) in [6.07, 6.45) is 1.62. The Bertz CT molecular complexity index is 999. The third-order valence-electron chi connectivity index (χ3n) is 3.38. The molecule has 3 rings (SSSR count). The predicted molar refractivity (Wildman–Crippen MR) is 93.8 cm³/mol. The van der Waals surface area contributed by atoms with E-state index in [4.69, 9.17) is 23.2 Å². The van der Waals surface area contributed by atoms with Crippen LogP contribution in [0.5, 0.6) is 0 Å². The Balaban J connectivity index is 2.09. The summed E-state index contributed by atoms with van der Waals surface area (Å²) in [6, 6.07) is 11.8. The Morgan fingerprint density at radius 1 is 1.04 bits per heavy atom. The second-order valence-corrected chi connectivity index (χ2v) is 7.48. The SMILES string of the molecule is Cc1cc(Cl)c(Cl)cc1S(=O)(=O)Nc1cccc2cccnc12. The molecule has 118 valence electrons. The summed E-state index contributed by atoms with van der Waals surface area (Å²) in [6.45, 7) is 1.66. The molecule has 4 nitrogen and oxygen atoms in total. The number of benzene rings is 2. The number of nitrogens with one attached hydrogen (secondary N) is 1. The van der Waals surface area contributed by atoms with Crippen LogP contribution in [0.15, 0.2) is 53.6 Å². The van der Waals surface area contributed by atoms with E-state index >= 15 is 0 Å². The Morgan fingerprint density at radius 2 is 1.74 bits per heavy atom. The summed E-state index contributed by atoms with van der Waals surface area (Å²) < 4.78 is 28.0. The lowest BCUT2D eigenvalue weighted by molar-refractivity contribution is 0.600. The topological polar surface area (TPSA) is 59.1 Å². The normalized spacial score (nSPS) is 11.6. The third kappa shape index (κ3) is 3.13. The number of anilines is 1. The molecule has 1 heterocycles. The number of aryl methyl sites for hydroxylation is 1. The molecule has 0 saturated carbocycles. The summed E-state index contributed by atoms with van der Waals surface area (Å²) in [7, 11) is -3.81. The number of para-hydroxylation sites is 1. The van der Waals surface area contributed by atoms with Crippen molar-refractivity contribution in [1.82, 2.24) is 4.98 Å². The second kappa shape index (κ2) is 6.00. The number of sulfonamides is 1. The highest BCUT2D eigenvalue weighted by atomic mass is 35.5. The average molecular weight is 367 g/mol. The fourth-order valence-electron chi connectivity index (χ4n) is 2.30. The van der Waals surface area contributed by atoms with Crippen molar-refractivity contribution in [2.45, 2.75) is 11.8 Å². The van der Waals surface area contributed by atoms with E-state index in [1.807, 2.05) is 12.1 Å². The van der Waals surface area contributed by atoms with Gasteiger partial charge in [-0.1, -0.05) is 41.4 Å². The van der Waals surface area contributed by atoms with Gasteiger partial charge in [0.05, 0.1) is 26.1 Å². The van der Waals surface area contributed by atoms with E-state index in [1.165, 1.54) is 12.1 Å². The van der Waals surface area contributed by atoms with Gasteiger partial charge in [0.2, 0.25) is 0 Å². The van der Waals surface area contributed by atoms with E-state index in [0.717, 1.165) is 5.39 Å². The minimum atomic E-state index is -3.81. The van der Waals surface area contributed by atoms with Gasteiger partial charge in [-0.15, -0.1) is 0 Å². The summed E-state index contributed by atoms with van der Waals surface area (Å²) >= 11 is 11.9. The van der Waals surface area contributed by atoms with Crippen LogP contribution in [0.3, 0.4) is 0 Å². The zero-order chi connectivity index (χ0) is 16.6. The Labute approximate surface area is 144 Å². The quantitative estimate of drug-likeness (QED) is 0.733. The van der Waals surface area contributed by atoms with Crippen molar-refractivity contribution >= 4 is 49.8 Å². The standard InChI is InChI=1S/C16H12Cl2N2O2S/c1-10-8-12(17)13(18)9-15(10)23(21,22)20-14-6-2-4-11-5-3-7-19-16(11)14/h2-9,20H,1H3. The fourth-order valence-corrected chi connectivity index (χ4v) is 4.07. The zero-order valence-electron chi connectivity index (χ0n) is 12.0. The van der Waals surface area contributed by atoms with Crippen LogP contribution in [0.4, 0.5) is 5.69 Å². The maximum absolute atomic E-state index is 12.7.